The summed E-state index contributed by atoms with van der Waals surface area (Å²) in [7, 11) is 6.14. The van der Waals surface area contributed by atoms with Gasteiger partial charge in [-0.2, -0.15) is 10.2 Å². The SMILES string of the molecule is C=C1NN=C2c3c(cccc31)CC(c1ccccn1)C2c1ccc(CN(C)C)cc1.C=C1NN=C2c3c(cccc31)CC(c1ccccn1)C2c1ccccc1.CCCc1cccc(C2C3=NCC(=O)c4cccc(c43)NC2c2ccccn2)c1.CNCc1ccc(C2C3=NCC(=O)c4cccc(c43)NC2c2ccccn2)cc1. The number of rotatable bonds is 14. The molecule has 12 aromatic rings. The first kappa shape index (κ1) is 73.8. The number of aryl methyl sites for hydroxylation is 1. The van der Waals surface area contributed by atoms with Crippen molar-refractivity contribution < 1.29 is 9.59 Å². The highest BCUT2D eigenvalue weighted by Crippen LogP contribution is 2.50. The van der Waals surface area contributed by atoms with Crippen LogP contribution in [0.15, 0.2) is 307 Å². The molecule has 0 amide bonds. The summed E-state index contributed by atoms with van der Waals surface area (Å²) in [4.78, 5) is 55.4. The van der Waals surface area contributed by atoms with Crippen molar-refractivity contribution in [3.8, 4) is 0 Å². The van der Waals surface area contributed by atoms with Gasteiger partial charge in [0.05, 0.1) is 69.5 Å². The maximum absolute atomic E-state index is 12.5. The number of hydrazone groups is 2. The van der Waals surface area contributed by atoms with Crippen LogP contribution in [0, 0.1) is 0 Å². The third-order valence-corrected chi connectivity index (χ3v) is 23.0. The van der Waals surface area contributed by atoms with Crippen molar-refractivity contribution in [1.82, 2.24) is 41.0 Å². The summed E-state index contributed by atoms with van der Waals surface area (Å²) in [5, 5.41) is 20.1. The molecule has 114 heavy (non-hydrogen) atoms. The number of pyridine rings is 4. The monoisotopic (exact) mass is 1490 g/mol. The van der Waals surface area contributed by atoms with Gasteiger partial charge in [-0.05, 0) is 151 Å². The van der Waals surface area contributed by atoms with Gasteiger partial charge in [0.2, 0.25) is 0 Å². The van der Waals surface area contributed by atoms with Crippen LogP contribution in [0.25, 0.3) is 11.4 Å². The number of carbonyl (C=O) groups is 2. The smallest absolute Gasteiger partial charge is 0.184 e. The van der Waals surface area contributed by atoms with E-state index in [0.717, 1.165) is 141 Å². The van der Waals surface area contributed by atoms with Gasteiger partial charge in [0.15, 0.2) is 11.6 Å². The van der Waals surface area contributed by atoms with Crippen LogP contribution >= 0.6 is 0 Å². The number of hydrogen-bond donors (Lipinski definition) is 5. The van der Waals surface area contributed by atoms with Gasteiger partial charge < -0.3 is 20.9 Å². The fraction of sp³-hybridized carbons (Fsp3) is 0.204. The van der Waals surface area contributed by atoms with Crippen molar-refractivity contribution in [2.45, 2.75) is 93.3 Å². The molecule has 8 atom stereocenters. The third kappa shape index (κ3) is 14.6. The Labute approximate surface area is 666 Å². The Bertz CT molecular complexity index is 5730. The van der Waals surface area contributed by atoms with E-state index in [4.69, 9.17) is 25.2 Å². The van der Waals surface area contributed by atoms with Crippen LogP contribution in [0.3, 0.4) is 0 Å². The van der Waals surface area contributed by atoms with Crippen molar-refractivity contribution >= 4 is 57.2 Å². The highest BCUT2D eigenvalue weighted by atomic mass is 16.1. The first-order valence-electron chi connectivity index (χ1n) is 39.5. The third-order valence-electron chi connectivity index (χ3n) is 23.0. The van der Waals surface area contributed by atoms with Gasteiger partial charge in [0, 0.05) is 129 Å². The Morgan fingerprint density at radius 1 is 0.412 bits per heavy atom. The van der Waals surface area contributed by atoms with Crippen LogP contribution in [-0.2, 0) is 32.4 Å². The van der Waals surface area contributed by atoms with E-state index in [1.165, 1.54) is 61.2 Å². The lowest BCUT2D eigenvalue weighted by Crippen LogP contribution is -2.36. The van der Waals surface area contributed by atoms with Gasteiger partial charge in [-0.15, -0.1) is 0 Å². The van der Waals surface area contributed by atoms with Crippen LogP contribution in [0.4, 0.5) is 11.4 Å². The van der Waals surface area contributed by atoms with Gasteiger partial charge >= 0.3 is 0 Å². The molecule has 20 rings (SSSR count). The molecule has 6 aliphatic heterocycles. The Morgan fingerprint density at radius 2 is 0.833 bits per heavy atom. The lowest BCUT2D eigenvalue weighted by atomic mass is 9.68. The summed E-state index contributed by atoms with van der Waals surface area (Å²) in [6.45, 7) is 12.7. The maximum atomic E-state index is 12.5. The molecule has 4 aromatic heterocycles. The minimum Gasteiger partial charge on any atom is -0.375 e. The van der Waals surface area contributed by atoms with Gasteiger partial charge in [-0.25, -0.2) is 0 Å². The molecule has 8 aliphatic rings. The van der Waals surface area contributed by atoms with E-state index in [1.54, 1.807) is 0 Å². The molecule has 8 unspecified atom stereocenters. The fourth-order valence-electron chi connectivity index (χ4n) is 18.0. The quantitative estimate of drug-likeness (QED) is 0.0691. The summed E-state index contributed by atoms with van der Waals surface area (Å²) in [6.07, 6.45) is 11.5. The zero-order valence-electron chi connectivity index (χ0n) is 64.5. The van der Waals surface area contributed by atoms with E-state index in [2.05, 4.69) is 251 Å². The predicted molar refractivity (Wildman–Crippen MR) is 458 cm³/mol. The van der Waals surface area contributed by atoms with E-state index in [0.29, 0.717) is 0 Å². The number of benzene rings is 8. The number of ketones is 2. The second-order valence-corrected chi connectivity index (χ2v) is 30.5. The predicted octanol–water partition coefficient (Wildman–Crippen LogP) is 17.7. The number of aliphatic imine (C=N–C) groups is 2. The normalized spacial score (nSPS) is 20.1. The number of nitrogens with one attached hydrogen (secondary N) is 5. The second kappa shape index (κ2) is 32.7. The van der Waals surface area contributed by atoms with Crippen LogP contribution in [0.2, 0.25) is 0 Å². The molecule has 0 spiro atoms. The Kier molecular flexibility index (Phi) is 21.2. The van der Waals surface area contributed by atoms with Crippen molar-refractivity contribution in [2.24, 2.45) is 20.2 Å². The number of anilines is 2. The fourth-order valence-corrected chi connectivity index (χ4v) is 18.0. The maximum Gasteiger partial charge on any atom is 0.184 e. The molecular formula is C98H90N14O2. The lowest BCUT2D eigenvalue weighted by Gasteiger charge is -2.38. The Morgan fingerprint density at radius 3 is 1.30 bits per heavy atom. The van der Waals surface area contributed by atoms with E-state index in [1.807, 2.05) is 111 Å². The average molecular weight is 1500 g/mol. The summed E-state index contributed by atoms with van der Waals surface area (Å²) in [5.74, 6) is 0.949. The van der Waals surface area contributed by atoms with Crippen molar-refractivity contribution in [1.29, 1.82) is 0 Å². The second-order valence-electron chi connectivity index (χ2n) is 30.5. The van der Waals surface area contributed by atoms with Crippen molar-refractivity contribution in [3.63, 3.8) is 0 Å². The molecule has 564 valence electrons. The van der Waals surface area contributed by atoms with E-state index >= 15 is 0 Å². The van der Waals surface area contributed by atoms with E-state index in [-0.39, 0.29) is 72.2 Å². The number of nitrogens with zero attached hydrogens (tertiary/aromatic N) is 9. The summed E-state index contributed by atoms with van der Waals surface area (Å²) in [5.41, 5.74) is 38.0. The summed E-state index contributed by atoms with van der Waals surface area (Å²) < 4.78 is 0. The zero-order valence-corrected chi connectivity index (χ0v) is 64.5. The van der Waals surface area contributed by atoms with Crippen LogP contribution in [0.1, 0.15) is 188 Å². The molecule has 0 bridgehead atoms. The largest absolute Gasteiger partial charge is 0.375 e. The van der Waals surface area contributed by atoms with Gasteiger partial charge in [-0.3, -0.25) is 50.4 Å². The summed E-state index contributed by atoms with van der Waals surface area (Å²) >= 11 is 0. The zero-order chi connectivity index (χ0) is 77.8. The molecule has 5 N–H and O–H groups in total. The van der Waals surface area contributed by atoms with Crippen LogP contribution < -0.4 is 26.8 Å². The number of aromatic nitrogens is 4. The molecule has 10 heterocycles. The molecule has 0 radical (unpaired) electrons. The van der Waals surface area contributed by atoms with Crippen LogP contribution in [-0.4, -0.2) is 93.5 Å². The Hall–Kier alpha value is -13.0. The molecule has 8 aromatic carbocycles. The number of hydrogen-bond acceptors (Lipinski definition) is 16. The molecular weight excluding hydrogens is 1410 g/mol. The molecule has 16 nitrogen and oxygen atoms in total. The van der Waals surface area contributed by atoms with Gasteiger partial charge in [0.25, 0.3) is 0 Å². The summed E-state index contributed by atoms with van der Waals surface area (Å²) in [6, 6.07) is 86.0. The van der Waals surface area contributed by atoms with Gasteiger partial charge in [-0.1, -0.05) is 215 Å². The highest BCUT2D eigenvalue weighted by molar-refractivity contribution is 6.23. The molecule has 0 saturated heterocycles. The molecule has 0 fully saturated rings. The number of carbonyl (C=O) groups excluding carboxylic acids is 2. The molecule has 0 saturated carbocycles. The molecule has 2 aliphatic carbocycles. The standard InChI is InChI=1S/C26H26N4.C25H23N3O.C24H22N4O.C23H19N3/c1-17-21-8-6-7-20-15-22(23-9-4-5-14-27-23)24(26(25(20)21)29-28-17)19-12-10-18(11-13-19)16-30(2)3;1-2-7-16-8-5-9-17(14-16)22-24(20-11-3-4-13-26-20)28-19-12-6-10-18-21(29)15-27-25(22)23(18)19;1-25-13-15-8-10-16(11-9-15)21-23(19-6-2-3-12-26-19)28-18-7-4-5-17-20(29)14-27-24(21)22(17)18;1-15-18-11-7-10-17-14-19(20-12-5-6-13-24-20)21(16-8-3-2-4-9-16)23(22(17)18)26-25-15/h4-14,22,24,28H,1,15-16H2,2-3H3;3-6,8-14,22,24,28H,2,7,15H2,1H3;2-12,21,23,25,28H,13-14H2,1H3;2-13,19,21,25H,1,14H2. The minimum atomic E-state index is -0.0546. The first-order valence-corrected chi connectivity index (χ1v) is 39.5. The minimum absolute atomic E-state index is 0.00320. The van der Waals surface area contributed by atoms with Gasteiger partial charge in [0.1, 0.15) is 13.1 Å². The first-order chi connectivity index (χ1) is 56.0. The highest BCUT2D eigenvalue weighted by Gasteiger charge is 2.45. The topological polar surface area (TPSA) is 199 Å². The Balaban J connectivity index is 0.000000110. The van der Waals surface area contributed by atoms with Crippen molar-refractivity contribution in [3.05, 3.63) is 404 Å². The molecule has 16 heteroatoms. The number of Topliss-reactive ketones (excluding diaryl/α,β-unsaturated/α-hetero) is 2. The van der Waals surface area contributed by atoms with E-state index in [9.17, 15) is 9.59 Å². The van der Waals surface area contributed by atoms with Crippen molar-refractivity contribution in [2.75, 3.05) is 44.9 Å². The van der Waals surface area contributed by atoms with E-state index < -0.39 is 0 Å². The van der Waals surface area contributed by atoms with Crippen LogP contribution in [0.5, 0.6) is 0 Å². The average Bonchev–Trinajstić information content (AvgIpc) is 0.755. The lowest BCUT2D eigenvalue weighted by molar-refractivity contribution is 0.0992.